The van der Waals surface area contributed by atoms with Gasteiger partial charge < -0.3 is 25.3 Å². The highest BCUT2D eigenvalue weighted by atomic mass is 16.4. The highest BCUT2D eigenvalue weighted by molar-refractivity contribution is 6.27. The maximum absolute atomic E-state index is 12.5. The number of carboxylic acid groups (broad SMARTS) is 2. The van der Waals surface area contributed by atoms with E-state index in [-0.39, 0.29) is 11.9 Å². The zero-order valence-electron chi connectivity index (χ0n) is 16.0. The first-order valence-electron chi connectivity index (χ1n) is 8.74. The Kier molecular flexibility index (Phi) is 11.0. The highest BCUT2D eigenvalue weighted by Gasteiger charge is 2.31. The summed E-state index contributed by atoms with van der Waals surface area (Å²) in [6.45, 7) is 8.30. The third-order valence-corrected chi connectivity index (χ3v) is 4.23. The van der Waals surface area contributed by atoms with Gasteiger partial charge >= 0.3 is 11.9 Å². The first-order valence-corrected chi connectivity index (χ1v) is 8.74. The second kappa shape index (κ2) is 11.8. The van der Waals surface area contributed by atoms with Crippen LogP contribution in [0, 0.1) is 0 Å². The number of nitrogens with zero attached hydrogens (tertiary/aromatic N) is 2. The van der Waals surface area contributed by atoms with E-state index >= 15 is 0 Å². The number of carbonyl (C=O) groups is 3. The lowest BCUT2D eigenvalue weighted by Crippen LogP contribution is -2.54. The van der Waals surface area contributed by atoms with Gasteiger partial charge in [-0.25, -0.2) is 9.59 Å². The molecule has 0 aromatic heterocycles. The van der Waals surface area contributed by atoms with Crippen LogP contribution >= 0.6 is 0 Å². The molecule has 8 nitrogen and oxygen atoms in total. The number of carbonyl (C=O) groups excluding carboxylic acids is 1. The van der Waals surface area contributed by atoms with Crippen molar-refractivity contribution in [1.29, 1.82) is 0 Å². The van der Waals surface area contributed by atoms with Gasteiger partial charge in [-0.05, 0) is 73.6 Å². The molecule has 0 bridgehead atoms. The smallest absolute Gasteiger partial charge is 0.414 e. The Labute approximate surface area is 150 Å². The lowest BCUT2D eigenvalue weighted by Gasteiger charge is -2.40. The molecule has 3 atom stereocenters. The van der Waals surface area contributed by atoms with Gasteiger partial charge in [0, 0.05) is 12.1 Å². The maximum atomic E-state index is 12.5. The van der Waals surface area contributed by atoms with Gasteiger partial charge in [0.05, 0.1) is 6.04 Å². The zero-order valence-corrected chi connectivity index (χ0v) is 16.0. The fourth-order valence-corrected chi connectivity index (χ4v) is 2.88. The van der Waals surface area contributed by atoms with Crippen LogP contribution < -0.4 is 5.32 Å². The number of hydrogen-bond donors (Lipinski definition) is 3. The third kappa shape index (κ3) is 9.40. The molecule has 8 heteroatoms. The minimum atomic E-state index is -1.82. The van der Waals surface area contributed by atoms with Crippen molar-refractivity contribution in [2.24, 2.45) is 0 Å². The van der Waals surface area contributed by atoms with Crippen molar-refractivity contribution in [3.63, 3.8) is 0 Å². The van der Waals surface area contributed by atoms with Crippen LogP contribution in [0.2, 0.25) is 0 Å². The van der Waals surface area contributed by atoms with Gasteiger partial charge in [0.1, 0.15) is 0 Å². The van der Waals surface area contributed by atoms with Crippen molar-refractivity contribution < 1.29 is 24.6 Å². The normalized spacial score (nSPS) is 21.3. The molecule has 0 aromatic rings. The van der Waals surface area contributed by atoms with Gasteiger partial charge in [0.25, 0.3) is 0 Å². The lowest BCUT2D eigenvalue weighted by atomic mass is 9.96. The lowest BCUT2D eigenvalue weighted by molar-refractivity contribution is -0.159. The van der Waals surface area contributed by atoms with E-state index < -0.39 is 11.9 Å². The van der Waals surface area contributed by atoms with E-state index in [4.69, 9.17) is 19.8 Å². The molecule has 1 heterocycles. The standard InChI is InChI=1S/C15H31N3O.C2H2O4/c1-12-8-6-9-13(2)18(12)15(19)14(3)16-10-7-11-17(4)5;3-1(4)2(5)6/h12-14,16H,6-11H2,1-5H3;(H,3,4)(H,5,6). The van der Waals surface area contributed by atoms with Crippen LogP contribution in [-0.4, -0.2) is 83.2 Å². The summed E-state index contributed by atoms with van der Waals surface area (Å²) in [5, 5.41) is 18.1. The number of amides is 1. The van der Waals surface area contributed by atoms with Crippen LogP contribution in [0.3, 0.4) is 0 Å². The van der Waals surface area contributed by atoms with E-state index in [9.17, 15) is 4.79 Å². The Bertz CT molecular complexity index is 420. The second-order valence-electron chi connectivity index (χ2n) is 6.82. The Morgan fingerprint density at radius 3 is 2.00 bits per heavy atom. The average Bonchev–Trinajstić information content (AvgIpc) is 2.51. The number of likely N-dealkylation sites (tertiary alicyclic amines) is 1. The SMILES string of the molecule is CC(NCCCN(C)C)C(=O)N1C(C)CCCC1C.O=C(O)C(=O)O. The molecule has 25 heavy (non-hydrogen) atoms. The molecule has 1 aliphatic heterocycles. The fourth-order valence-electron chi connectivity index (χ4n) is 2.88. The summed E-state index contributed by atoms with van der Waals surface area (Å²) >= 11 is 0. The fraction of sp³-hybridized carbons (Fsp3) is 0.824. The van der Waals surface area contributed by atoms with Crippen molar-refractivity contribution in [3.05, 3.63) is 0 Å². The molecule has 0 aliphatic carbocycles. The zero-order chi connectivity index (χ0) is 19.6. The largest absolute Gasteiger partial charge is 0.473 e. The second-order valence-corrected chi connectivity index (χ2v) is 6.82. The van der Waals surface area contributed by atoms with Gasteiger partial charge in [-0.2, -0.15) is 0 Å². The van der Waals surface area contributed by atoms with Gasteiger partial charge in [0.2, 0.25) is 5.91 Å². The molecule has 1 rings (SSSR count). The Morgan fingerprint density at radius 1 is 1.12 bits per heavy atom. The molecular formula is C17H33N3O5. The van der Waals surface area contributed by atoms with E-state index in [1.807, 2.05) is 6.92 Å². The summed E-state index contributed by atoms with van der Waals surface area (Å²) < 4.78 is 0. The van der Waals surface area contributed by atoms with Crippen molar-refractivity contribution in [2.75, 3.05) is 27.2 Å². The summed E-state index contributed by atoms with van der Waals surface area (Å²) in [6, 6.07) is 0.717. The van der Waals surface area contributed by atoms with Crippen LogP contribution in [-0.2, 0) is 14.4 Å². The number of aliphatic carboxylic acids is 2. The van der Waals surface area contributed by atoms with E-state index in [0.29, 0.717) is 12.1 Å². The molecule has 146 valence electrons. The maximum Gasteiger partial charge on any atom is 0.414 e. The number of piperidine rings is 1. The molecule has 0 aromatic carbocycles. The van der Waals surface area contributed by atoms with Crippen LogP contribution in [0.4, 0.5) is 0 Å². The molecule has 0 spiro atoms. The Hall–Kier alpha value is -1.67. The third-order valence-electron chi connectivity index (χ3n) is 4.23. The minimum absolute atomic E-state index is 0.0647. The summed E-state index contributed by atoms with van der Waals surface area (Å²) in [5.74, 6) is -3.38. The summed E-state index contributed by atoms with van der Waals surface area (Å²) in [6.07, 6.45) is 4.61. The van der Waals surface area contributed by atoms with Crippen LogP contribution in [0.15, 0.2) is 0 Å². The molecule has 1 aliphatic rings. The highest BCUT2D eigenvalue weighted by Crippen LogP contribution is 2.23. The van der Waals surface area contributed by atoms with E-state index in [1.165, 1.54) is 6.42 Å². The predicted molar refractivity (Wildman–Crippen MR) is 95.5 cm³/mol. The first-order chi connectivity index (χ1) is 11.6. The van der Waals surface area contributed by atoms with Crippen LogP contribution in [0.25, 0.3) is 0 Å². The van der Waals surface area contributed by atoms with Crippen molar-refractivity contribution in [1.82, 2.24) is 15.1 Å². The van der Waals surface area contributed by atoms with Gasteiger partial charge in [-0.3, -0.25) is 4.79 Å². The summed E-state index contributed by atoms with van der Waals surface area (Å²) in [7, 11) is 4.15. The van der Waals surface area contributed by atoms with Gasteiger partial charge in [-0.15, -0.1) is 0 Å². The molecule has 1 amide bonds. The minimum Gasteiger partial charge on any atom is -0.473 e. The van der Waals surface area contributed by atoms with E-state index in [1.54, 1.807) is 0 Å². The van der Waals surface area contributed by atoms with Gasteiger partial charge in [0.15, 0.2) is 0 Å². The summed E-state index contributed by atoms with van der Waals surface area (Å²) in [4.78, 5) is 35.0. The van der Waals surface area contributed by atoms with Gasteiger partial charge in [-0.1, -0.05) is 0 Å². The van der Waals surface area contributed by atoms with Crippen molar-refractivity contribution >= 4 is 17.8 Å². The molecule has 0 radical (unpaired) electrons. The predicted octanol–water partition coefficient (Wildman–Crippen LogP) is 0.861. The molecular weight excluding hydrogens is 326 g/mol. The Balaban J connectivity index is 0.000000823. The quantitative estimate of drug-likeness (QED) is 0.476. The number of nitrogens with one attached hydrogen (secondary N) is 1. The number of hydrogen-bond acceptors (Lipinski definition) is 5. The summed E-state index contributed by atoms with van der Waals surface area (Å²) in [5.41, 5.74) is 0. The van der Waals surface area contributed by atoms with Crippen molar-refractivity contribution in [3.8, 4) is 0 Å². The van der Waals surface area contributed by atoms with Crippen LogP contribution in [0.5, 0.6) is 0 Å². The molecule has 1 saturated heterocycles. The molecule has 0 saturated carbocycles. The van der Waals surface area contributed by atoms with E-state index in [0.717, 1.165) is 32.4 Å². The number of carboxylic acids is 2. The Morgan fingerprint density at radius 2 is 1.60 bits per heavy atom. The van der Waals surface area contributed by atoms with E-state index in [2.05, 4.69) is 43.1 Å². The number of rotatable bonds is 6. The molecule has 3 unspecified atom stereocenters. The van der Waals surface area contributed by atoms with Crippen LogP contribution in [0.1, 0.15) is 46.5 Å². The topological polar surface area (TPSA) is 110 Å². The van der Waals surface area contributed by atoms with Crippen molar-refractivity contribution in [2.45, 2.75) is 64.6 Å². The molecule has 1 fully saturated rings. The molecule has 3 N–H and O–H groups in total. The average molecular weight is 359 g/mol. The first kappa shape index (κ1) is 23.3. The monoisotopic (exact) mass is 359 g/mol.